The largest absolute Gasteiger partial charge is 0.368 e. The quantitative estimate of drug-likeness (QED) is 0.915. The highest BCUT2D eigenvalue weighted by Gasteiger charge is 2.36. The molecule has 23 heavy (non-hydrogen) atoms. The molecular weight excluding hydrogens is 304 g/mol. The molecule has 1 aliphatic heterocycles. The summed E-state index contributed by atoms with van der Waals surface area (Å²) in [7, 11) is 0. The van der Waals surface area contributed by atoms with Crippen molar-refractivity contribution in [1.82, 2.24) is 19.9 Å². The molecule has 1 amide bonds. The average Bonchev–Trinajstić information content (AvgIpc) is 2.55. The number of alkyl halides is 2. The van der Waals surface area contributed by atoms with Gasteiger partial charge in [-0.25, -0.2) is 23.7 Å². The molecule has 0 aromatic carbocycles. The molecule has 1 fully saturated rings. The van der Waals surface area contributed by atoms with Crippen LogP contribution in [0.2, 0.25) is 0 Å². The second-order valence-corrected chi connectivity index (χ2v) is 5.39. The highest BCUT2D eigenvalue weighted by atomic mass is 19.3. The van der Waals surface area contributed by atoms with Crippen LogP contribution in [0.3, 0.4) is 0 Å². The summed E-state index contributed by atoms with van der Waals surface area (Å²) in [4.78, 5) is 25.9. The molecule has 0 radical (unpaired) electrons. The molecule has 0 unspecified atom stereocenters. The van der Waals surface area contributed by atoms with Crippen molar-refractivity contribution in [2.75, 3.05) is 18.8 Å². The Balaban J connectivity index is 1.79. The van der Waals surface area contributed by atoms with Gasteiger partial charge in [0.25, 0.3) is 11.8 Å². The normalized spacial score (nSPS) is 17.0. The van der Waals surface area contributed by atoms with Gasteiger partial charge in [0.1, 0.15) is 5.69 Å². The third-order valence-electron chi connectivity index (χ3n) is 3.72. The van der Waals surface area contributed by atoms with E-state index < -0.39 is 5.92 Å². The Morgan fingerprint density at radius 2 is 1.83 bits per heavy atom. The van der Waals surface area contributed by atoms with E-state index in [1.165, 1.54) is 17.3 Å². The van der Waals surface area contributed by atoms with E-state index in [-0.39, 0.29) is 43.5 Å². The monoisotopic (exact) mass is 319 g/mol. The third kappa shape index (κ3) is 3.41. The molecule has 1 saturated heterocycles. The zero-order chi connectivity index (χ0) is 16.4. The number of hydrogen-bond acceptors (Lipinski definition) is 5. The first kappa shape index (κ1) is 15.3. The maximum atomic E-state index is 13.2. The topological polar surface area (TPSA) is 85.0 Å². The van der Waals surface area contributed by atoms with E-state index in [1.807, 2.05) is 0 Å². The first-order valence-corrected chi connectivity index (χ1v) is 7.17. The van der Waals surface area contributed by atoms with Gasteiger partial charge in [-0.05, 0) is 12.1 Å². The maximum absolute atomic E-state index is 13.2. The van der Waals surface area contributed by atoms with Crippen molar-refractivity contribution in [2.24, 2.45) is 0 Å². The zero-order valence-corrected chi connectivity index (χ0v) is 12.2. The summed E-state index contributed by atoms with van der Waals surface area (Å²) in [6.07, 6.45) is 2.40. The number of hydrogen-bond donors (Lipinski definition) is 1. The Morgan fingerprint density at radius 3 is 2.48 bits per heavy atom. The minimum atomic E-state index is -2.69. The number of nitrogen functional groups attached to an aromatic ring is 1. The first-order chi connectivity index (χ1) is 10.9. The predicted molar refractivity (Wildman–Crippen MR) is 79.8 cm³/mol. The Bertz CT molecular complexity index is 710. The molecule has 0 saturated carbocycles. The molecule has 0 bridgehead atoms. The van der Waals surface area contributed by atoms with Crippen LogP contribution in [-0.4, -0.2) is 44.8 Å². The zero-order valence-electron chi connectivity index (χ0n) is 12.2. The highest BCUT2D eigenvalue weighted by molar-refractivity contribution is 5.93. The molecule has 6 nitrogen and oxygen atoms in total. The average molecular weight is 319 g/mol. The van der Waals surface area contributed by atoms with Crippen LogP contribution in [0.5, 0.6) is 0 Å². The number of carbonyl (C=O) groups is 1. The van der Waals surface area contributed by atoms with Gasteiger partial charge in [-0.3, -0.25) is 4.79 Å². The smallest absolute Gasteiger partial charge is 0.272 e. The van der Waals surface area contributed by atoms with Gasteiger partial charge in [-0.2, -0.15) is 0 Å². The molecule has 8 heteroatoms. The van der Waals surface area contributed by atoms with Crippen molar-refractivity contribution in [1.29, 1.82) is 0 Å². The van der Waals surface area contributed by atoms with E-state index in [4.69, 9.17) is 5.73 Å². The summed E-state index contributed by atoms with van der Waals surface area (Å²) in [5.41, 5.74) is 6.80. The maximum Gasteiger partial charge on any atom is 0.272 e. The van der Waals surface area contributed by atoms with E-state index in [1.54, 1.807) is 18.2 Å². The van der Waals surface area contributed by atoms with E-state index >= 15 is 0 Å². The number of anilines is 1. The molecule has 2 aromatic heterocycles. The Morgan fingerprint density at radius 1 is 1.17 bits per heavy atom. The summed E-state index contributed by atoms with van der Waals surface area (Å²) in [6.45, 7) is 0.0610. The Kier molecular flexibility index (Phi) is 3.89. The number of amides is 1. The molecule has 120 valence electrons. The standard InChI is InChI=1S/C15H15F2N5O/c16-15(17)4-6-22(7-5-15)13(23)12-3-1-2-11(21-12)10-8-19-14(18)20-9-10/h1-3,8-9H,4-7H2,(H2,18,19,20). The number of nitrogens with zero attached hydrogens (tertiary/aromatic N) is 4. The van der Waals surface area contributed by atoms with Gasteiger partial charge < -0.3 is 10.6 Å². The van der Waals surface area contributed by atoms with Gasteiger partial charge in [0.05, 0.1) is 5.69 Å². The van der Waals surface area contributed by atoms with Crippen LogP contribution < -0.4 is 5.73 Å². The lowest BCUT2D eigenvalue weighted by atomic mass is 10.1. The van der Waals surface area contributed by atoms with Gasteiger partial charge in [0, 0.05) is 43.9 Å². The van der Waals surface area contributed by atoms with Crippen LogP contribution in [0.4, 0.5) is 14.7 Å². The fourth-order valence-electron chi connectivity index (χ4n) is 2.38. The van der Waals surface area contributed by atoms with E-state index in [0.717, 1.165) is 0 Å². The minimum Gasteiger partial charge on any atom is -0.368 e. The van der Waals surface area contributed by atoms with Crippen molar-refractivity contribution in [3.8, 4) is 11.3 Å². The summed E-state index contributed by atoms with van der Waals surface area (Å²) in [5, 5.41) is 0. The number of nitrogens with two attached hydrogens (primary N) is 1. The molecular formula is C15H15F2N5O. The predicted octanol–water partition coefficient (Wildman–Crippen LogP) is 1.99. The number of pyridine rings is 1. The Labute approximate surface area is 131 Å². The van der Waals surface area contributed by atoms with Crippen molar-refractivity contribution in [2.45, 2.75) is 18.8 Å². The third-order valence-corrected chi connectivity index (χ3v) is 3.72. The number of rotatable bonds is 2. The molecule has 0 spiro atoms. The summed E-state index contributed by atoms with van der Waals surface area (Å²) in [6, 6.07) is 4.97. The van der Waals surface area contributed by atoms with E-state index in [2.05, 4.69) is 15.0 Å². The highest BCUT2D eigenvalue weighted by Crippen LogP contribution is 2.28. The molecule has 3 rings (SSSR count). The van der Waals surface area contributed by atoms with Gasteiger partial charge in [-0.15, -0.1) is 0 Å². The van der Waals surface area contributed by atoms with Gasteiger partial charge in [0.2, 0.25) is 5.95 Å². The second-order valence-electron chi connectivity index (χ2n) is 5.39. The van der Waals surface area contributed by atoms with Gasteiger partial charge in [-0.1, -0.05) is 6.07 Å². The van der Waals surface area contributed by atoms with E-state index in [9.17, 15) is 13.6 Å². The molecule has 2 aromatic rings. The first-order valence-electron chi connectivity index (χ1n) is 7.17. The van der Waals surface area contributed by atoms with Crippen LogP contribution in [0.25, 0.3) is 11.3 Å². The van der Waals surface area contributed by atoms with Crippen LogP contribution in [0.15, 0.2) is 30.6 Å². The van der Waals surface area contributed by atoms with Crippen LogP contribution >= 0.6 is 0 Å². The van der Waals surface area contributed by atoms with Crippen molar-refractivity contribution in [3.05, 3.63) is 36.3 Å². The number of likely N-dealkylation sites (tertiary alicyclic amines) is 1. The molecule has 3 heterocycles. The van der Waals surface area contributed by atoms with Crippen LogP contribution in [-0.2, 0) is 0 Å². The number of carbonyl (C=O) groups excluding carboxylic acids is 1. The fraction of sp³-hybridized carbons (Fsp3) is 0.333. The SMILES string of the molecule is Nc1ncc(-c2cccc(C(=O)N3CCC(F)(F)CC3)n2)cn1. The minimum absolute atomic E-state index is 0.0305. The van der Waals surface area contributed by atoms with Gasteiger partial charge in [0.15, 0.2) is 0 Å². The second kappa shape index (κ2) is 5.86. The molecule has 0 aliphatic carbocycles. The number of piperidine rings is 1. The van der Waals surface area contributed by atoms with Crippen LogP contribution in [0.1, 0.15) is 23.3 Å². The molecule has 1 aliphatic rings. The van der Waals surface area contributed by atoms with Gasteiger partial charge >= 0.3 is 0 Å². The number of aromatic nitrogens is 3. The lowest BCUT2D eigenvalue weighted by Gasteiger charge is -2.31. The Hall–Kier alpha value is -2.64. The fourth-order valence-corrected chi connectivity index (χ4v) is 2.38. The lowest BCUT2D eigenvalue weighted by molar-refractivity contribution is -0.0495. The summed E-state index contributed by atoms with van der Waals surface area (Å²) < 4.78 is 26.4. The van der Waals surface area contributed by atoms with E-state index in [0.29, 0.717) is 11.3 Å². The van der Waals surface area contributed by atoms with Crippen molar-refractivity contribution >= 4 is 11.9 Å². The molecule has 2 N–H and O–H groups in total. The van der Waals surface area contributed by atoms with Crippen molar-refractivity contribution < 1.29 is 13.6 Å². The summed E-state index contributed by atoms with van der Waals surface area (Å²) in [5.74, 6) is -2.89. The van der Waals surface area contributed by atoms with Crippen LogP contribution in [0, 0.1) is 0 Å². The molecule has 0 atom stereocenters. The number of halogens is 2. The summed E-state index contributed by atoms with van der Waals surface area (Å²) >= 11 is 0. The van der Waals surface area contributed by atoms with Crippen molar-refractivity contribution in [3.63, 3.8) is 0 Å². The lowest BCUT2D eigenvalue weighted by Crippen LogP contribution is -2.43.